The molecule has 0 saturated carbocycles. The Kier molecular flexibility index (Phi) is 3.69. The number of hydrogen-bond acceptors (Lipinski definition) is 4. The Hall–Kier alpha value is -2.86. The number of para-hydroxylation sites is 1. The second-order valence-electron chi connectivity index (χ2n) is 6.75. The molecule has 6 heteroatoms. The Balaban J connectivity index is 1.48. The van der Waals surface area contributed by atoms with E-state index in [9.17, 15) is 9.59 Å². The van der Waals surface area contributed by atoms with Gasteiger partial charge in [0.25, 0.3) is 0 Å². The van der Waals surface area contributed by atoms with Crippen LogP contribution in [-0.4, -0.2) is 30.9 Å². The molecule has 5 N–H and O–H groups in total. The summed E-state index contributed by atoms with van der Waals surface area (Å²) in [5.74, 6) is -0.606. The van der Waals surface area contributed by atoms with E-state index in [0.29, 0.717) is 11.3 Å². The summed E-state index contributed by atoms with van der Waals surface area (Å²) in [6.45, 7) is 1.59. The number of anilines is 2. The van der Waals surface area contributed by atoms with Crippen molar-refractivity contribution in [2.45, 2.75) is 17.9 Å². The fourth-order valence-electron chi connectivity index (χ4n) is 3.82. The summed E-state index contributed by atoms with van der Waals surface area (Å²) in [4.78, 5) is 23.9. The van der Waals surface area contributed by atoms with Crippen LogP contribution in [0.3, 0.4) is 0 Å². The van der Waals surface area contributed by atoms with E-state index < -0.39 is 5.91 Å². The number of nitrogens with two attached hydrogens (primary N) is 1. The predicted molar refractivity (Wildman–Crippen MR) is 96.6 cm³/mol. The largest absolute Gasteiger partial charge is 0.384 e. The summed E-state index contributed by atoms with van der Waals surface area (Å²) in [6.07, 6.45) is 0.734. The van der Waals surface area contributed by atoms with Gasteiger partial charge in [-0.25, -0.2) is 0 Å². The Bertz CT molecular complexity index is 851. The van der Waals surface area contributed by atoms with Gasteiger partial charge in [-0.15, -0.1) is 0 Å². The third-order valence-corrected chi connectivity index (χ3v) is 5.13. The van der Waals surface area contributed by atoms with E-state index in [-0.39, 0.29) is 17.4 Å². The first-order valence-corrected chi connectivity index (χ1v) is 8.35. The van der Waals surface area contributed by atoms with Gasteiger partial charge < -0.3 is 21.7 Å². The number of rotatable bonds is 3. The van der Waals surface area contributed by atoms with Gasteiger partial charge in [-0.05, 0) is 36.2 Å². The standard InChI is InChI=1S/C19H20N4O2/c20-17(24)12-4-3-5-13(8-12)23-18(25)16-9-19(11-22-16)10-21-15-7-2-1-6-14(15)19/h1-8,16,21-22H,9-11H2,(H2,20,24)(H,23,25). The summed E-state index contributed by atoms with van der Waals surface area (Å²) < 4.78 is 0. The average Bonchev–Trinajstić information content (AvgIpc) is 3.21. The molecule has 2 atom stereocenters. The average molecular weight is 336 g/mol. The molecule has 4 rings (SSSR count). The third kappa shape index (κ3) is 2.74. The number of hydrogen-bond donors (Lipinski definition) is 4. The molecule has 1 saturated heterocycles. The Morgan fingerprint density at radius 2 is 1.96 bits per heavy atom. The summed E-state index contributed by atoms with van der Waals surface area (Å²) >= 11 is 0. The monoisotopic (exact) mass is 336 g/mol. The van der Waals surface area contributed by atoms with Gasteiger partial charge in [0.05, 0.1) is 6.04 Å². The molecule has 2 amide bonds. The van der Waals surface area contributed by atoms with Crippen molar-refractivity contribution >= 4 is 23.2 Å². The van der Waals surface area contributed by atoms with Crippen LogP contribution in [0.2, 0.25) is 0 Å². The lowest BCUT2D eigenvalue weighted by molar-refractivity contribution is -0.117. The van der Waals surface area contributed by atoms with Crippen LogP contribution < -0.4 is 21.7 Å². The van der Waals surface area contributed by atoms with Gasteiger partial charge in [-0.3, -0.25) is 9.59 Å². The van der Waals surface area contributed by atoms with E-state index >= 15 is 0 Å². The Labute approximate surface area is 145 Å². The lowest BCUT2D eigenvalue weighted by Gasteiger charge is -2.22. The van der Waals surface area contributed by atoms with Crippen LogP contribution >= 0.6 is 0 Å². The third-order valence-electron chi connectivity index (χ3n) is 5.13. The number of nitrogens with one attached hydrogen (secondary N) is 3. The van der Waals surface area contributed by atoms with Crippen LogP contribution in [0.25, 0.3) is 0 Å². The molecular formula is C19H20N4O2. The Morgan fingerprint density at radius 3 is 2.80 bits per heavy atom. The molecule has 2 heterocycles. The molecule has 0 bridgehead atoms. The minimum atomic E-state index is -0.511. The second-order valence-corrected chi connectivity index (χ2v) is 6.75. The molecule has 6 nitrogen and oxygen atoms in total. The van der Waals surface area contributed by atoms with Crippen molar-refractivity contribution in [2.75, 3.05) is 23.7 Å². The molecular weight excluding hydrogens is 316 g/mol. The molecule has 25 heavy (non-hydrogen) atoms. The first kappa shape index (κ1) is 15.7. The maximum absolute atomic E-state index is 12.6. The molecule has 2 unspecified atom stereocenters. The van der Waals surface area contributed by atoms with Crippen molar-refractivity contribution in [3.63, 3.8) is 0 Å². The highest BCUT2D eigenvalue weighted by atomic mass is 16.2. The zero-order valence-electron chi connectivity index (χ0n) is 13.7. The van der Waals surface area contributed by atoms with Crippen LogP contribution in [0.1, 0.15) is 22.3 Å². The first-order valence-electron chi connectivity index (χ1n) is 8.35. The molecule has 2 aromatic rings. The van der Waals surface area contributed by atoms with Gasteiger partial charge in [0.2, 0.25) is 11.8 Å². The second kappa shape index (κ2) is 5.89. The number of fused-ring (bicyclic) bond motifs is 2. The van der Waals surface area contributed by atoms with Crippen LogP contribution in [0, 0.1) is 0 Å². The fourth-order valence-corrected chi connectivity index (χ4v) is 3.82. The van der Waals surface area contributed by atoms with Gasteiger partial charge in [0.1, 0.15) is 0 Å². The quantitative estimate of drug-likeness (QED) is 0.682. The van der Waals surface area contributed by atoms with Crippen molar-refractivity contribution < 1.29 is 9.59 Å². The molecule has 2 aliphatic heterocycles. The van der Waals surface area contributed by atoms with E-state index in [2.05, 4.69) is 28.1 Å². The normalized spacial score (nSPS) is 23.9. The smallest absolute Gasteiger partial charge is 0.248 e. The molecule has 0 aromatic heterocycles. The maximum atomic E-state index is 12.6. The highest BCUT2D eigenvalue weighted by Gasteiger charge is 2.46. The minimum absolute atomic E-state index is 0.0479. The highest BCUT2D eigenvalue weighted by molar-refractivity contribution is 5.98. The van der Waals surface area contributed by atoms with Crippen LogP contribution in [0.4, 0.5) is 11.4 Å². The van der Waals surface area contributed by atoms with Gasteiger partial charge in [-0.2, -0.15) is 0 Å². The van der Waals surface area contributed by atoms with Crippen molar-refractivity contribution in [1.29, 1.82) is 0 Å². The van der Waals surface area contributed by atoms with Crippen molar-refractivity contribution in [1.82, 2.24) is 5.32 Å². The van der Waals surface area contributed by atoms with Crippen molar-refractivity contribution in [3.05, 3.63) is 59.7 Å². The SMILES string of the molecule is NC(=O)c1cccc(NC(=O)C2CC3(CNc4ccccc43)CN2)c1. The lowest BCUT2D eigenvalue weighted by atomic mass is 9.80. The van der Waals surface area contributed by atoms with Crippen molar-refractivity contribution in [2.24, 2.45) is 5.73 Å². The number of carbonyl (C=O) groups excluding carboxylic acids is 2. The van der Waals surface area contributed by atoms with E-state index in [0.717, 1.165) is 25.2 Å². The topological polar surface area (TPSA) is 96.2 Å². The molecule has 1 spiro atoms. The van der Waals surface area contributed by atoms with Crippen LogP contribution in [-0.2, 0) is 10.2 Å². The van der Waals surface area contributed by atoms with E-state index in [1.54, 1.807) is 24.3 Å². The van der Waals surface area contributed by atoms with Crippen LogP contribution in [0.15, 0.2) is 48.5 Å². The minimum Gasteiger partial charge on any atom is -0.384 e. The first-order chi connectivity index (χ1) is 12.1. The summed E-state index contributed by atoms with van der Waals surface area (Å²) in [5, 5.41) is 9.66. The number of carbonyl (C=O) groups is 2. The van der Waals surface area contributed by atoms with E-state index in [1.165, 1.54) is 5.56 Å². The van der Waals surface area contributed by atoms with E-state index in [4.69, 9.17) is 5.73 Å². The Morgan fingerprint density at radius 1 is 1.12 bits per heavy atom. The van der Waals surface area contributed by atoms with Crippen molar-refractivity contribution in [3.8, 4) is 0 Å². The maximum Gasteiger partial charge on any atom is 0.248 e. The molecule has 1 fully saturated rings. The summed E-state index contributed by atoms with van der Waals surface area (Å²) in [6, 6.07) is 14.7. The van der Waals surface area contributed by atoms with Gasteiger partial charge in [0.15, 0.2) is 0 Å². The number of benzene rings is 2. The molecule has 2 aromatic carbocycles. The zero-order valence-corrected chi connectivity index (χ0v) is 13.7. The molecule has 0 aliphatic carbocycles. The number of amides is 2. The summed E-state index contributed by atoms with van der Waals surface area (Å²) in [7, 11) is 0. The molecule has 2 aliphatic rings. The highest BCUT2D eigenvalue weighted by Crippen LogP contribution is 2.42. The van der Waals surface area contributed by atoms with Crippen LogP contribution in [0.5, 0.6) is 0 Å². The molecule has 0 radical (unpaired) electrons. The van der Waals surface area contributed by atoms with Gasteiger partial charge in [-0.1, -0.05) is 24.3 Å². The van der Waals surface area contributed by atoms with Gasteiger partial charge >= 0.3 is 0 Å². The lowest BCUT2D eigenvalue weighted by Crippen LogP contribution is -2.35. The number of primary amides is 1. The summed E-state index contributed by atoms with van der Waals surface area (Å²) in [5.41, 5.74) is 8.62. The zero-order chi connectivity index (χ0) is 17.4. The van der Waals surface area contributed by atoms with E-state index in [1.807, 2.05) is 12.1 Å². The molecule has 128 valence electrons. The van der Waals surface area contributed by atoms with Gasteiger partial charge in [0, 0.05) is 35.4 Å². The predicted octanol–water partition coefficient (Wildman–Crippen LogP) is 1.45. The fraction of sp³-hybridized carbons (Fsp3) is 0.263.